The molecule has 1 heterocycles. The zero-order valence-electron chi connectivity index (χ0n) is 9.35. The van der Waals surface area contributed by atoms with Crippen LogP contribution in [0.5, 0.6) is 0 Å². The summed E-state index contributed by atoms with van der Waals surface area (Å²) in [6.45, 7) is 5.43. The van der Waals surface area contributed by atoms with Crippen molar-refractivity contribution >= 4 is 27.3 Å². The molecule has 1 saturated carbocycles. The Kier molecular flexibility index (Phi) is 3.86. The lowest BCUT2D eigenvalue weighted by atomic mass is 10.1. The van der Waals surface area contributed by atoms with E-state index in [1.807, 2.05) is 11.3 Å². The van der Waals surface area contributed by atoms with Crippen LogP contribution in [0, 0.1) is 12.8 Å². The molecule has 1 aliphatic carbocycles. The van der Waals surface area contributed by atoms with Crippen LogP contribution in [-0.4, -0.2) is 6.54 Å². The molecule has 1 aliphatic rings. The first-order chi connectivity index (χ1) is 7.20. The van der Waals surface area contributed by atoms with Gasteiger partial charge in [-0.2, -0.15) is 0 Å². The van der Waals surface area contributed by atoms with Crippen LogP contribution in [0.2, 0.25) is 0 Å². The third kappa shape index (κ3) is 3.05. The van der Waals surface area contributed by atoms with Crippen LogP contribution in [0.25, 0.3) is 0 Å². The summed E-state index contributed by atoms with van der Waals surface area (Å²) in [4.78, 5) is 2.89. The van der Waals surface area contributed by atoms with E-state index in [4.69, 9.17) is 0 Å². The summed E-state index contributed by atoms with van der Waals surface area (Å²) in [5, 5.41) is 3.60. The molecule has 2 rings (SSSR count). The van der Waals surface area contributed by atoms with Crippen molar-refractivity contribution in [2.75, 3.05) is 6.54 Å². The lowest BCUT2D eigenvalue weighted by molar-refractivity contribution is 0.493. The minimum atomic E-state index is 0.581. The average molecular weight is 288 g/mol. The van der Waals surface area contributed by atoms with Gasteiger partial charge in [0.2, 0.25) is 0 Å². The summed E-state index contributed by atoms with van der Waals surface area (Å²) in [6.07, 6.45) is 4.20. The molecule has 3 heteroatoms. The Hall–Kier alpha value is 0.140. The Bertz CT molecular complexity index is 311. The number of thiophene rings is 1. The molecule has 0 aromatic carbocycles. The van der Waals surface area contributed by atoms with Gasteiger partial charge < -0.3 is 5.32 Å². The highest BCUT2D eigenvalue weighted by molar-refractivity contribution is 9.10. The zero-order chi connectivity index (χ0) is 10.8. The number of rotatable bonds is 5. The molecule has 0 aliphatic heterocycles. The van der Waals surface area contributed by atoms with Crippen LogP contribution < -0.4 is 5.32 Å². The molecule has 1 aromatic rings. The van der Waals surface area contributed by atoms with Crippen LogP contribution in [0.3, 0.4) is 0 Å². The fourth-order valence-corrected chi connectivity index (χ4v) is 3.54. The number of halogens is 1. The predicted octanol–water partition coefficient (Wildman–Crippen LogP) is 4.27. The van der Waals surface area contributed by atoms with E-state index in [1.54, 1.807) is 0 Å². The van der Waals surface area contributed by atoms with Crippen molar-refractivity contribution in [2.45, 2.75) is 39.2 Å². The lowest BCUT2D eigenvalue weighted by Gasteiger charge is -2.15. The standard InChI is InChI=1S/C12H18BrNS/c1-3-14-11(6-9-4-5-9)12-7-10(13)8(2)15-12/h7,9,11,14H,3-6H2,1-2H3. The van der Waals surface area contributed by atoms with Gasteiger partial charge in [-0.25, -0.2) is 0 Å². The summed E-state index contributed by atoms with van der Waals surface area (Å²) in [6, 6.07) is 2.87. The van der Waals surface area contributed by atoms with Gasteiger partial charge in [-0.1, -0.05) is 19.8 Å². The Morgan fingerprint density at radius 3 is 2.80 bits per heavy atom. The second-order valence-corrected chi connectivity index (χ2v) is 6.48. The maximum Gasteiger partial charge on any atom is 0.0417 e. The smallest absolute Gasteiger partial charge is 0.0417 e. The zero-order valence-corrected chi connectivity index (χ0v) is 11.7. The van der Waals surface area contributed by atoms with Gasteiger partial charge in [-0.3, -0.25) is 0 Å². The second-order valence-electron chi connectivity index (χ2n) is 4.34. The maximum atomic E-state index is 3.60. The maximum absolute atomic E-state index is 3.60. The first kappa shape index (κ1) is 11.6. The average Bonchev–Trinajstić information content (AvgIpc) is 2.94. The molecule has 0 amide bonds. The summed E-state index contributed by atoms with van der Waals surface area (Å²) in [7, 11) is 0. The minimum Gasteiger partial charge on any atom is -0.310 e. The lowest BCUT2D eigenvalue weighted by Crippen LogP contribution is -2.20. The van der Waals surface area contributed by atoms with Gasteiger partial charge in [-0.15, -0.1) is 11.3 Å². The van der Waals surface area contributed by atoms with Gasteiger partial charge in [0.25, 0.3) is 0 Å². The SMILES string of the molecule is CCNC(CC1CC1)c1cc(Br)c(C)s1. The molecule has 1 fully saturated rings. The number of hydrogen-bond acceptors (Lipinski definition) is 2. The fraction of sp³-hybridized carbons (Fsp3) is 0.667. The first-order valence-corrected chi connectivity index (χ1v) is 7.31. The molecule has 1 nitrogen and oxygen atoms in total. The van der Waals surface area contributed by atoms with E-state index in [1.165, 1.54) is 33.5 Å². The molecule has 1 atom stereocenters. The summed E-state index contributed by atoms with van der Waals surface area (Å²) >= 11 is 5.52. The van der Waals surface area contributed by atoms with Gasteiger partial charge in [0.15, 0.2) is 0 Å². The first-order valence-electron chi connectivity index (χ1n) is 5.70. The highest BCUT2D eigenvalue weighted by Crippen LogP contribution is 2.40. The highest BCUT2D eigenvalue weighted by Gasteiger charge is 2.26. The fourth-order valence-electron chi connectivity index (χ4n) is 1.89. The van der Waals surface area contributed by atoms with Crippen molar-refractivity contribution in [1.29, 1.82) is 0 Å². The van der Waals surface area contributed by atoms with Crippen molar-refractivity contribution < 1.29 is 0 Å². The van der Waals surface area contributed by atoms with Gasteiger partial charge >= 0.3 is 0 Å². The van der Waals surface area contributed by atoms with E-state index in [9.17, 15) is 0 Å². The Morgan fingerprint density at radius 1 is 1.60 bits per heavy atom. The molecular formula is C12H18BrNS. The molecule has 1 unspecified atom stereocenters. The van der Waals surface area contributed by atoms with Gasteiger partial charge in [0, 0.05) is 20.3 Å². The normalized spacial score (nSPS) is 18.1. The summed E-state index contributed by atoms with van der Waals surface area (Å²) in [5.74, 6) is 0.982. The van der Waals surface area contributed by atoms with Gasteiger partial charge in [-0.05, 0) is 47.8 Å². The number of aryl methyl sites for hydroxylation is 1. The molecule has 84 valence electrons. The largest absolute Gasteiger partial charge is 0.310 e. The van der Waals surface area contributed by atoms with Crippen molar-refractivity contribution in [1.82, 2.24) is 5.32 Å². The third-order valence-electron chi connectivity index (χ3n) is 2.94. The molecule has 15 heavy (non-hydrogen) atoms. The van der Waals surface area contributed by atoms with Gasteiger partial charge in [0.1, 0.15) is 0 Å². The van der Waals surface area contributed by atoms with E-state index >= 15 is 0 Å². The molecule has 1 aromatic heterocycles. The summed E-state index contributed by atoms with van der Waals surface area (Å²) < 4.78 is 1.27. The summed E-state index contributed by atoms with van der Waals surface area (Å²) in [5.41, 5.74) is 0. The molecular weight excluding hydrogens is 270 g/mol. The van der Waals surface area contributed by atoms with E-state index < -0.39 is 0 Å². The van der Waals surface area contributed by atoms with E-state index in [0.717, 1.165) is 12.5 Å². The molecule has 0 spiro atoms. The van der Waals surface area contributed by atoms with E-state index in [2.05, 4.69) is 41.2 Å². The molecule has 0 saturated heterocycles. The van der Waals surface area contributed by atoms with Crippen LogP contribution in [-0.2, 0) is 0 Å². The van der Waals surface area contributed by atoms with Crippen LogP contribution in [0.15, 0.2) is 10.5 Å². The molecule has 0 bridgehead atoms. The molecule has 1 N–H and O–H groups in total. The number of hydrogen-bond donors (Lipinski definition) is 1. The Balaban J connectivity index is 2.07. The molecule has 0 radical (unpaired) electrons. The predicted molar refractivity (Wildman–Crippen MR) is 70.5 cm³/mol. The van der Waals surface area contributed by atoms with Crippen LogP contribution >= 0.6 is 27.3 Å². The number of nitrogens with one attached hydrogen (secondary N) is 1. The van der Waals surface area contributed by atoms with Crippen LogP contribution in [0.4, 0.5) is 0 Å². The van der Waals surface area contributed by atoms with Crippen LogP contribution in [0.1, 0.15) is 42.0 Å². The third-order valence-corrected chi connectivity index (χ3v) is 5.19. The monoisotopic (exact) mass is 287 g/mol. The Labute approximate surface area is 104 Å². The second kappa shape index (κ2) is 4.98. The Morgan fingerprint density at radius 2 is 2.33 bits per heavy atom. The van der Waals surface area contributed by atoms with Crippen molar-refractivity contribution in [3.05, 3.63) is 20.3 Å². The van der Waals surface area contributed by atoms with Crippen molar-refractivity contribution in [3.63, 3.8) is 0 Å². The highest BCUT2D eigenvalue weighted by atomic mass is 79.9. The minimum absolute atomic E-state index is 0.581. The quantitative estimate of drug-likeness (QED) is 0.853. The van der Waals surface area contributed by atoms with E-state index in [-0.39, 0.29) is 0 Å². The van der Waals surface area contributed by atoms with Crippen molar-refractivity contribution in [3.8, 4) is 0 Å². The van der Waals surface area contributed by atoms with Gasteiger partial charge in [0.05, 0.1) is 0 Å². The van der Waals surface area contributed by atoms with E-state index in [0.29, 0.717) is 6.04 Å². The van der Waals surface area contributed by atoms with Crippen molar-refractivity contribution in [2.24, 2.45) is 5.92 Å². The topological polar surface area (TPSA) is 12.0 Å².